The van der Waals surface area contributed by atoms with E-state index in [1.165, 1.54) is 0 Å². The Hall–Kier alpha value is -2.25. The predicted molar refractivity (Wildman–Crippen MR) is 107 cm³/mol. The van der Waals surface area contributed by atoms with Crippen LogP contribution < -0.4 is 20.3 Å². The van der Waals surface area contributed by atoms with E-state index < -0.39 is 17.9 Å². The molecule has 0 aromatic heterocycles. The van der Waals surface area contributed by atoms with Crippen molar-refractivity contribution in [3.05, 3.63) is 57.0 Å². The Labute approximate surface area is 171 Å². The van der Waals surface area contributed by atoms with Gasteiger partial charge in [0, 0.05) is 4.47 Å². The van der Waals surface area contributed by atoms with E-state index in [0.29, 0.717) is 16.5 Å². The van der Waals surface area contributed by atoms with E-state index in [2.05, 4.69) is 26.8 Å². The van der Waals surface area contributed by atoms with Crippen LogP contribution in [0.4, 0.5) is 0 Å². The molecule has 2 N–H and O–H groups in total. The van der Waals surface area contributed by atoms with Gasteiger partial charge in [-0.25, -0.2) is 0 Å². The molecule has 0 aliphatic rings. The van der Waals surface area contributed by atoms with Crippen molar-refractivity contribution in [3.63, 3.8) is 0 Å². The highest BCUT2D eigenvalue weighted by molar-refractivity contribution is 9.10. The van der Waals surface area contributed by atoms with Gasteiger partial charge in [0.1, 0.15) is 11.5 Å². The Kier molecular flexibility index (Phi) is 7.50. The van der Waals surface area contributed by atoms with Crippen molar-refractivity contribution in [2.75, 3.05) is 6.61 Å². The molecule has 0 spiro atoms. The van der Waals surface area contributed by atoms with Crippen LogP contribution in [0.15, 0.2) is 40.9 Å². The predicted octanol–water partition coefficient (Wildman–Crippen LogP) is 3.71. The molecule has 1 unspecified atom stereocenters. The molecule has 8 heteroatoms. The van der Waals surface area contributed by atoms with Crippen LogP contribution in [-0.2, 0) is 9.59 Å². The number of hydrazine groups is 1. The molecule has 2 rings (SSSR count). The number of ether oxygens (including phenoxy) is 2. The zero-order valence-corrected chi connectivity index (χ0v) is 17.5. The van der Waals surface area contributed by atoms with Gasteiger partial charge in [0.25, 0.3) is 11.8 Å². The van der Waals surface area contributed by atoms with E-state index in [1.807, 2.05) is 26.0 Å². The van der Waals surface area contributed by atoms with Gasteiger partial charge in [-0.15, -0.1) is 0 Å². The molecule has 2 aromatic carbocycles. The minimum absolute atomic E-state index is 0.288. The van der Waals surface area contributed by atoms with Crippen molar-refractivity contribution in [2.45, 2.75) is 26.9 Å². The smallest absolute Gasteiger partial charge is 0.279 e. The van der Waals surface area contributed by atoms with Gasteiger partial charge in [-0.1, -0.05) is 39.7 Å². The maximum Gasteiger partial charge on any atom is 0.279 e. The lowest BCUT2D eigenvalue weighted by Gasteiger charge is -2.18. The van der Waals surface area contributed by atoms with Crippen LogP contribution in [0.1, 0.15) is 18.1 Å². The third kappa shape index (κ3) is 6.15. The van der Waals surface area contributed by atoms with Crippen LogP contribution in [0.5, 0.6) is 11.5 Å². The highest BCUT2D eigenvalue weighted by atomic mass is 79.9. The Balaban J connectivity index is 1.82. The molecule has 27 heavy (non-hydrogen) atoms. The molecule has 0 bridgehead atoms. The van der Waals surface area contributed by atoms with Crippen molar-refractivity contribution in [1.82, 2.24) is 10.9 Å². The number of rotatable bonds is 6. The highest BCUT2D eigenvalue weighted by Gasteiger charge is 2.18. The van der Waals surface area contributed by atoms with Crippen LogP contribution in [0.3, 0.4) is 0 Å². The van der Waals surface area contributed by atoms with Crippen molar-refractivity contribution in [2.24, 2.45) is 0 Å². The normalized spacial score (nSPS) is 11.4. The fourth-order valence-electron chi connectivity index (χ4n) is 2.29. The number of para-hydroxylation sites is 1. The van der Waals surface area contributed by atoms with E-state index in [1.54, 1.807) is 31.2 Å². The second-order valence-electron chi connectivity index (χ2n) is 5.89. The number of aryl methyl sites for hydroxylation is 2. The van der Waals surface area contributed by atoms with Gasteiger partial charge < -0.3 is 9.47 Å². The highest BCUT2D eigenvalue weighted by Crippen LogP contribution is 2.28. The zero-order valence-electron chi connectivity index (χ0n) is 15.1. The van der Waals surface area contributed by atoms with Crippen LogP contribution in [0.25, 0.3) is 0 Å². The molecule has 0 fully saturated rings. The molecule has 144 valence electrons. The first-order valence-corrected chi connectivity index (χ1v) is 9.34. The lowest BCUT2D eigenvalue weighted by molar-refractivity contribution is -0.133. The number of benzene rings is 2. The summed E-state index contributed by atoms with van der Waals surface area (Å²) in [4.78, 5) is 24.0. The summed E-state index contributed by atoms with van der Waals surface area (Å²) >= 11 is 9.36. The molecule has 6 nitrogen and oxygen atoms in total. The molecule has 2 aromatic rings. The van der Waals surface area contributed by atoms with Gasteiger partial charge in [0.15, 0.2) is 12.7 Å². The van der Waals surface area contributed by atoms with E-state index in [-0.39, 0.29) is 6.61 Å². The fourth-order valence-corrected chi connectivity index (χ4v) is 3.16. The number of hydrogen-bond acceptors (Lipinski definition) is 4. The van der Waals surface area contributed by atoms with Gasteiger partial charge in [0.05, 0.1) is 5.02 Å². The summed E-state index contributed by atoms with van der Waals surface area (Å²) in [7, 11) is 0. The zero-order chi connectivity index (χ0) is 20.0. The fraction of sp³-hybridized carbons (Fsp3) is 0.263. The number of hydrogen-bond donors (Lipinski definition) is 2. The van der Waals surface area contributed by atoms with Gasteiger partial charge in [-0.3, -0.25) is 20.4 Å². The molecule has 0 saturated heterocycles. The minimum atomic E-state index is -0.798. The number of amides is 2. The molecule has 0 aliphatic carbocycles. The lowest BCUT2D eigenvalue weighted by Crippen LogP contribution is -2.48. The number of carbonyl (C=O) groups is 2. The summed E-state index contributed by atoms with van der Waals surface area (Å²) in [5.41, 5.74) is 6.40. The second kappa shape index (κ2) is 9.62. The molecular weight excluding hydrogens is 436 g/mol. The van der Waals surface area contributed by atoms with Crippen LogP contribution in [0, 0.1) is 13.8 Å². The molecule has 1 atom stereocenters. The third-order valence-electron chi connectivity index (χ3n) is 3.61. The number of nitrogens with one attached hydrogen (secondary N) is 2. The standard InChI is InChI=1S/C19H20BrClN2O4/c1-11-8-14(20)9-12(2)18(11)27-13(3)19(25)23-22-17(24)10-26-16-7-5-4-6-15(16)21/h4-9,13H,10H2,1-3H3,(H,22,24)(H,23,25). The summed E-state index contributed by atoms with van der Waals surface area (Å²) in [6, 6.07) is 10.6. The maximum absolute atomic E-state index is 12.1. The molecular formula is C19H20BrClN2O4. The average molecular weight is 456 g/mol. The summed E-state index contributed by atoms with van der Waals surface area (Å²) in [6.07, 6.45) is -0.798. The van der Waals surface area contributed by atoms with E-state index in [9.17, 15) is 9.59 Å². The van der Waals surface area contributed by atoms with Gasteiger partial charge in [-0.05, 0) is 56.2 Å². The molecule has 0 radical (unpaired) electrons. The first kappa shape index (κ1) is 21.1. The lowest BCUT2D eigenvalue weighted by atomic mass is 10.1. The van der Waals surface area contributed by atoms with Crippen molar-refractivity contribution < 1.29 is 19.1 Å². The Bertz CT molecular complexity index is 821. The average Bonchev–Trinajstić information content (AvgIpc) is 2.61. The van der Waals surface area contributed by atoms with E-state index in [0.717, 1.165) is 15.6 Å². The summed E-state index contributed by atoms with van der Waals surface area (Å²) in [6.45, 7) is 5.10. The summed E-state index contributed by atoms with van der Waals surface area (Å²) in [5, 5.41) is 0.400. The Morgan fingerprint density at radius 2 is 1.78 bits per heavy atom. The minimum Gasteiger partial charge on any atom is -0.482 e. The van der Waals surface area contributed by atoms with Crippen LogP contribution in [-0.4, -0.2) is 24.5 Å². The summed E-state index contributed by atoms with van der Waals surface area (Å²) < 4.78 is 12.0. The van der Waals surface area contributed by atoms with Gasteiger partial charge in [-0.2, -0.15) is 0 Å². The van der Waals surface area contributed by atoms with E-state index >= 15 is 0 Å². The molecule has 0 saturated carbocycles. The molecule has 0 heterocycles. The van der Waals surface area contributed by atoms with Crippen LogP contribution >= 0.6 is 27.5 Å². The second-order valence-corrected chi connectivity index (χ2v) is 7.21. The monoisotopic (exact) mass is 454 g/mol. The quantitative estimate of drug-likeness (QED) is 0.651. The van der Waals surface area contributed by atoms with Crippen LogP contribution in [0.2, 0.25) is 5.02 Å². The van der Waals surface area contributed by atoms with Crippen molar-refractivity contribution >= 4 is 39.3 Å². The third-order valence-corrected chi connectivity index (χ3v) is 4.38. The first-order valence-electron chi connectivity index (χ1n) is 8.17. The Morgan fingerprint density at radius 1 is 1.15 bits per heavy atom. The maximum atomic E-state index is 12.1. The van der Waals surface area contributed by atoms with Crippen molar-refractivity contribution in [3.8, 4) is 11.5 Å². The molecule has 2 amide bonds. The first-order chi connectivity index (χ1) is 12.8. The molecule has 0 aliphatic heterocycles. The van der Waals surface area contributed by atoms with Gasteiger partial charge in [0.2, 0.25) is 0 Å². The topological polar surface area (TPSA) is 76.7 Å². The number of carbonyl (C=O) groups excluding carboxylic acids is 2. The van der Waals surface area contributed by atoms with Gasteiger partial charge >= 0.3 is 0 Å². The SMILES string of the molecule is Cc1cc(Br)cc(C)c1OC(C)C(=O)NNC(=O)COc1ccccc1Cl. The largest absolute Gasteiger partial charge is 0.482 e. The number of halogens is 2. The summed E-state index contributed by atoms with van der Waals surface area (Å²) in [5.74, 6) is 0.0158. The Morgan fingerprint density at radius 3 is 2.41 bits per heavy atom. The van der Waals surface area contributed by atoms with Crippen molar-refractivity contribution in [1.29, 1.82) is 0 Å². The van der Waals surface area contributed by atoms with E-state index in [4.69, 9.17) is 21.1 Å².